The molecule has 1 aromatic carbocycles. The number of rotatable bonds is 1. The zero-order valence-electron chi connectivity index (χ0n) is 10.4. The highest BCUT2D eigenvalue weighted by molar-refractivity contribution is 5.94. The highest BCUT2D eigenvalue weighted by Crippen LogP contribution is 2.16. The van der Waals surface area contributed by atoms with Crippen LogP contribution >= 0.6 is 12.4 Å². The Bertz CT molecular complexity index is 439. The summed E-state index contributed by atoms with van der Waals surface area (Å²) in [6, 6.07) is 4.70. The van der Waals surface area contributed by atoms with Gasteiger partial charge in [0.1, 0.15) is 5.82 Å². The molecule has 1 aliphatic heterocycles. The van der Waals surface area contributed by atoms with Crippen LogP contribution in [0.4, 0.5) is 4.39 Å². The van der Waals surface area contributed by atoms with E-state index >= 15 is 0 Å². The number of hydrogen-bond acceptors (Lipinski definition) is 2. The summed E-state index contributed by atoms with van der Waals surface area (Å²) in [5.41, 5.74) is 6.77. The number of nitrogens with two attached hydrogens (primary N) is 1. The van der Waals surface area contributed by atoms with E-state index in [4.69, 9.17) is 5.73 Å². The van der Waals surface area contributed by atoms with Crippen LogP contribution in [0, 0.1) is 12.7 Å². The van der Waals surface area contributed by atoms with E-state index in [-0.39, 0.29) is 29.9 Å². The number of hydrogen-bond donors (Lipinski definition) is 1. The van der Waals surface area contributed by atoms with Gasteiger partial charge in [-0.05, 0) is 37.5 Å². The van der Waals surface area contributed by atoms with Crippen LogP contribution in [0.25, 0.3) is 0 Å². The predicted octanol–water partition coefficient (Wildman–Crippen LogP) is 2.12. The van der Waals surface area contributed by atoms with E-state index in [0.29, 0.717) is 13.1 Å². The van der Waals surface area contributed by atoms with Gasteiger partial charge in [0, 0.05) is 19.1 Å². The molecule has 1 aliphatic rings. The van der Waals surface area contributed by atoms with Gasteiger partial charge in [0.25, 0.3) is 5.91 Å². The normalized spacial score (nSPS) is 19.3. The average molecular weight is 273 g/mol. The Kier molecular flexibility index (Phi) is 5.11. The van der Waals surface area contributed by atoms with Crippen molar-refractivity contribution in [1.82, 2.24) is 4.90 Å². The van der Waals surface area contributed by atoms with Crippen molar-refractivity contribution in [3.05, 3.63) is 35.1 Å². The Morgan fingerprint density at radius 2 is 2.22 bits per heavy atom. The van der Waals surface area contributed by atoms with Crippen LogP contribution in [-0.4, -0.2) is 29.9 Å². The first-order chi connectivity index (χ1) is 8.08. The minimum absolute atomic E-state index is 0. The van der Waals surface area contributed by atoms with Gasteiger partial charge < -0.3 is 10.6 Å². The fourth-order valence-electron chi connectivity index (χ4n) is 2.16. The molecule has 2 N–H and O–H groups in total. The lowest BCUT2D eigenvalue weighted by Crippen LogP contribution is -2.45. The van der Waals surface area contributed by atoms with Gasteiger partial charge in [0.2, 0.25) is 0 Å². The van der Waals surface area contributed by atoms with Crippen LogP contribution in [0.1, 0.15) is 28.8 Å². The Balaban J connectivity index is 0.00000162. The van der Waals surface area contributed by atoms with E-state index in [9.17, 15) is 9.18 Å². The molecule has 1 amide bonds. The number of carbonyl (C=O) groups excluding carboxylic acids is 1. The van der Waals surface area contributed by atoms with Gasteiger partial charge in [-0.15, -0.1) is 12.4 Å². The molecule has 0 aromatic heterocycles. The first kappa shape index (κ1) is 14.9. The van der Waals surface area contributed by atoms with Crippen molar-refractivity contribution < 1.29 is 9.18 Å². The Morgan fingerprint density at radius 1 is 1.50 bits per heavy atom. The van der Waals surface area contributed by atoms with E-state index in [1.165, 1.54) is 6.07 Å². The number of benzene rings is 1. The summed E-state index contributed by atoms with van der Waals surface area (Å²) in [6.45, 7) is 2.99. The molecule has 0 aliphatic carbocycles. The molecule has 0 radical (unpaired) electrons. The molecule has 2 rings (SSSR count). The third kappa shape index (κ3) is 3.21. The van der Waals surface area contributed by atoms with Crippen molar-refractivity contribution in [2.45, 2.75) is 25.8 Å². The van der Waals surface area contributed by atoms with E-state index in [0.717, 1.165) is 18.4 Å². The summed E-state index contributed by atoms with van der Waals surface area (Å²) in [5, 5.41) is 0. The second kappa shape index (κ2) is 6.16. The molecule has 18 heavy (non-hydrogen) atoms. The highest BCUT2D eigenvalue weighted by atomic mass is 35.5. The van der Waals surface area contributed by atoms with Crippen LogP contribution in [-0.2, 0) is 0 Å². The van der Waals surface area contributed by atoms with Gasteiger partial charge >= 0.3 is 0 Å². The molecule has 0 spiro atoms. The first-order valence-corrected chi connectivity index (χ1v) is 5.89. The lowest BCUT2D eigenvalue weighted by Gasteiger charge is -2.30. The molecule has 0 bridgehead atoms. The van der Waals surface area contributed by atoms with Crippen molar-refractivity contribution in [2.75, 3.05) is 13.1 Å². The van der Waals surface area contributed by atoms with Gasteiger partial charge in [-0.25, -0.2) is 4.39 Å². The van der Waals surface area contributed by atoms with Crippen molar-refractivity contribution in [3.8, 4) is 0 Å². The maximum atomic E-state index is 13.7. The number of likely N-dealkylation sites (tertiary alicyclic amines) is 1. The van der Waals surface area contributed by atoms with Crippen LogP contribution in [0.3, 0.4) is 0 Å². The number of nitrogens with zero attached hydrogens (tertiary/aromatic N) is 1. The largest absolute Gasteiger partial charge is 0.337 e. The molecular formula is C13H18ClFN2O. The Morgan fingerprint density at radius 3 is 2.83 bits per heavy atom. The minimum Gasteiger partial charge on any atom is -0.337 e. The second-order valence-corrected chi connectivity index (χ2v) is 4.64. The summed E-state index contributed by atoms with van der Waals surface area (Å²) in [7, 11) is 0. The van der Waals surface area contributed by atoms with Crippen LogP contribution < -0.4 is 5.73 Å². The summed E-state index contributed by atoms with van der Waals surface area (Å²) < 4.78 is 13.7. The Hall–Kier alpha value is -1.13. The summed E-state index contributed by atoms with van der Waals surface area (Å²) in [5.74, 6) is -0.702. The molecular weight excluding hydrogens is 255 g/mol. The van der Waals surface area contributed by atoms with Gasteiger partial charge in [0.05, 0.1) is 5.56 Å². The summed E-state index contributed by atoms with van der Waals surface area (Å²) in [4.78, 5) is 13.7. The Labute approximate surface area is 113 Å². The second-order valence-electron chi connectivity index (χ2n) is 4.64. The van der Waals surface area contributed by atoms with E-state index < -0.39 is 5.82 Å². The van der Waals surface area contributed by atoms with E-state index in [1.807, 2.05) is 0 Å². The molecule has 1 fully saturated rings. The third-order valence-corrected chi connectivity index (χ3v) is 3.10. The number of aryl methyl sites for hydroxylation is 1. The van der Waals surface area contributed by atoms with E-state index in [1.54, 1.807) is 24.0 Å². The highest BCUT2D eigenvalue weighted by Gasteiger charge is 2.24. The quantitative estimate of drug-likeness (QED) is 0.851. The number of halogens is 2. The molecule has 1 aromatic rings. The zero-order chi connectivity index (χ0) is 12.4. The maximum absolute atomic E-state index is 13.7. The molecule has 1 saturated heterocycles. The standard InChI is InChI=1S/C13H17FN2O.ClH/c1-9-4-5-11(12(14)7-9)13(17)16-6-2-3-10(15)8-16;/h4-5,7,10H,2-3,6,8,15H2,1H3;1H. The van der Waals surface area contributed by atoms with Gasteiger partial charge in [-0.3, -0.25) is 4.79 Å². The van der Waals surface area contributed by atoms with Crippen molar-refractivity contribution in [3.63, 3.8) is 0 Å². The summed E-state index contributed by atoms with van der Waals surface area (Å²) >= 11 is 0. The molecule has 1 unspecified atom stereocenters. The molecule has 1 atom stereocenters. The van der Waals surface area contributed by atoms with Gasteiger partial charge in [-0.1, -0.05) is 6.07 Å². The van der Waals surface area contributed by atoms with Crippen molar-refractivity contribution in [2.24, 2.45) is 5.73 Å². The fourth-order valence-corrected chi connectivity index (χ4v) is 2.16. The predicted molar refractivity (Wildman–Crippen MR) is 71.5 cm³/mol. The number of carbonyl (C=O) groups is 1. The fraction of sp³-hybridized carbons (Fsp3) is 0.462. The smallest absolute Gasteiger partial charge is 0.256 e. The first-order valence-electron chi connectivity index (χ1n) is 5.89. The maximum Gasteiger partial charge on any atom is 0.256 e. The lowest BCUT2D eigenvalue weighted by atomic mass is 10.0. The van der Waals surface area contributed by atoms with E-state index in [2.05, 4.69) is 0 Å². The van der Waals surface area contributed by atoms with Gasteiger partial charge in [0.15, 0.2) is 0 Å². The summed E-state index contributed by atoms with van der Waals surface area (Å²) in [6.07, 6.45) is 1.82. The monoisotopic (exact) mass is 272 g/mol. The van der Waals surface area contributed by atoms with Crippen molar-refractivity contribution in [1.29, 1.82) is 0 Å². The van der Waals surface area contributed by atoms with Gasteiger partial charge in [-0.2, -0.15) is 0 Å². The molecule has 3 nitrogen and oxygen atoms in total. The molecule has 1 heterocycles. The SMILES string of the molecule is Cc1ccc(C(=O)N2CCCC(N)C2)c(F)c1.Cl. The third-order valence-electron chi connectivity index (χ3n) is 3.10. The molecule has 5 heteroatoms. The van der Waals surface area contributed by atoms with Crippen molar-refractivity contribution >= 4 is 18.3 Å². The van der Waals surface area contributed by atoms with Crippen LogP contribution in [0.2, 0.25) is 0 Å². The zero-order valence-corrected chi connectivity index (χ0v) is 11.2. The average Bonchev–Trinajstić information content (AvgIpc) is 2.28. The molecule has 100 valence electrons. The number of amides is 1. The lowest BCUT2D eigenvalue weighted by molar-refractivity contribution is 0.0704. The topological polar surface area (TPSA) is 46.3 Å². The van der Waals surface area contributed by atoms with Crippen LogP contribution in [0.5, 0.6) is 0 Å². The minimum atomic E-state index is -0.450. The number of piperidine rings is 1. The molecule has 0 saturated carbocycles. The van der Waals surface area contributed by atoms with Crippen LogP contribution in [0.15, 0.2) is 18.2 Å².